The Morgan fingerprint density at radius 2 is 2.00 bits per heavy atom. The molecule has 2 rings (SSSR count). The minimum Gasteiger partial charge on any atom is -0.465 e. The highest BCUT2D eigenvalue weighted by atomic mass is 32.1. The molecule has 1 heterocycles. The van der Waals surface area contributed by atoms with Crippen LogP contribution in [0, 0.1) is 0 Å². The SMILES string of the molecule is C/C=C/C(=O)Nc1sc2c(c1C(=O)OC)CCCCC2. The molecule has 1 amide bonds. The van der Waals surface area contributed by atoms with Crippen LogP contribution in [0.3, 0.4) is 0 Å². The number of allylic oxidation sites excluding steroid dienone is 1. The van der Waals surface area contributed by atoms with E-state index in [2.05, 4.69) is 5.32 Å². The van der Waals surface area contributed by atoms with Gasteiger partial charge in [-0.1, -0.05) is 12.5 Å². The summed E-state index contributed by atoms with van der Waals surface area (Å²) < 4.78 is 4.88. The van der Waals surface area contributed by atoms with E-state index in [1.807, 2.05) is 0 Å². The fraction of sp³-hybridized carbons (Fsp3) is 0.467. The zero-order valence-corrected chi connectivity index (χ0v) is 12.6. The number of ether oxygens (including phenoxy) is 1. The number of thiophene rings is 1. The highest BCUT2D eigenvalue weighted by Gasteiger charge is 2.25. The third-order valence-electron chi connectivity index (χ3n) is 3.37. The standard InChI is InChI=1S/C15H19NO3S/c1-3-7-12(17)16-14-13(15(18)19-2)10-8-5-4-6-9-11(10)20-14/h3,7H,4-6,8-9H2,1-2H3,(H,16,17)/b7-3+. The third kappa shape index (κ3) is 3.10. The second-order valence-electron chi connectivity index (χ2n) is 4.75. The Morgan fingerprint density at radius 1 is 1.25 bits per heavy atom. The number of fused-ring (bicyclic) bond motifs is 1. The number of rotatable bonds is 3. The minimum absolute atomic E-state index is 0.214. The lowest BCUT2D eigenvalue weighted by atomic mass is 10.1. The lowest BCUT2D eigenvalue weighted by Crippen LogP contribution is -2.12. The summed E-state index contributed by atoms with van der Waals surface area (Å²) in [6.45, 7) is 1.78. The number of methoxy groups -OCH3 is 1. The quantitative estimate of drug-likeness (QED) is 0.528. The van der Waals surface area contributed by atoms with Crippen molar-refractivity contribution in [2.75, 3.05) is 12.4 Å². The largest absolute Gasteiger partial charge is 0.465 e. The number of esters is 1. The van der Waals surface area contributed by atoms with Crippen LogP contribution < -0.4 is 5.32 Å². The molecule has 1 aromatic heterocycles. The first-order valence-electron chi connectivity index (χ1n) is 6.84. The summed E-state index contributed by atoms with van der Waals surface area (Å²) >= 11 is 1.51. The maximum absolute atomic E-state index is 12.0. The number of hydrogen-bond acceptors (Lipinski definition) is 4. The average Bonchev–Trinajstić information content (AvgIpc) is 2.60. The zero-order chi connectivity index (χ0) is 14.5. The van der Waals surface area contributed by atoms with Gasteiger partial charge in [-0.2, -0.15) is 0 Å². The Bertz CT molecular complexity index is 546. The van der Waals surface area contributed by atoms with Crippen LogP contribution in [0.1, 0.15) is 47.0 Å². The van der Waals surface area contributed by atoms with E-state index in [9.17, 15) is 9.59 Å². The van der Waals surface area contributed by atoms with Gasteiger partial charge in [-0.05, 0) is 44.2 Å². The van der Waals surface area contributed by atoms with Crippen molar-refractivity contribution in [3.8, 4) is 0 Å². The molecule has 1 N–H and O–H groups in total. The van der Waals surface area contributed by atoms with Crippen LogP contribution in [0.2, 0.25) is 0 Å². The smallest absolute Gasteiger partial charge is 0.341 e. The van der Waals surface area contributed by atoms with E-state index in [-0.39, 0.29) is 11.9 Å². The van der Waals surface area contributed by atoms with Gasteiger partial charge in [0.2, 0.25) is 5.91 Å². The van der Waals surface area contributed by atoms with Gasteiger partial charge in [0.15, 0.2) is 0 Å². The molecule has 4 nitrogen and oxygen atoms in total. The number of anilines is 1. The van der Waals surface area contributed by atoms with Gasteiger partial charge in [0.1, 0.15) is 5.00 Å². The number of amides is 1. The van der Waals surface area contributed by atoms with Crippen molar-refractivity contribution in [1.29, 1.82) is 0 Å². The molecule has 0 spiro atoms. The van der Waals surface area contributed by atoms with Crippen LogP contribution >= 0.6 is 11.3 Å². The van der Waals surface area contributed by atoms with Crippen LogP contribution in [0.4, 0.5) is 5.00 Å². The summed E-state index contributed by atoms with van der Waals surface area (Å²) in [6, 6.07) is 0. The summed E-state index contributed by atoms with van der Waals surface area (Å²) in [5, 5.41) is 3.41. The molecule has 0 aliphatic heterocycles. The summed E-state index contributed by atoms with van der Waals surface area (Å²) in [5.41, 5.74) is 1.61. The summed E-state index contributed by atoms with van der Waals surface area (Å²) in [4.78, 5) is 25.0. The van der Waals surface area contributed by atoms with E-state index in [0.717, 1.165) is 31.2 Å². The molecule has 1 aliphatic rings. The molecule has 5 heteroatoms. The van der Waals surface area contributed by atoms with Gasteiger partial charge in [0.05, 0.1) is 12.7 Å². The van der Waals surface area contributed by atoms with Gasteiger partial charge < -0.3 is 10.1 Å². The fourth-order valence-electron chi connectivity index (χ4n) is 2.45. The average molecular weight is 293 g/mol. The molecule has 0 saturated carbocycles. The number of carbonyl (C=O) groups is 2. The lowest BCUT2D eigenvalue weighted by Gasteiger charge is -2.05. The Morgan fingerprint density at radius 3 is 2.70 bits per heavy atom. The van der Waals surface area contributed by atoms with Gasteiger partial charge >= 0.3 is 5.97 Å². The topological polar surface area (TPSA) is 55.4 Å². The molecule has 0 aromatic carbocycles. The molecule has 20 heavy (non-hydrogen) atoms. The predicted octanol–water partition coefficient (Wildman–Crippen LogP) is 3.32. The zero-order valence-electron chi connectivity index (χ0n) is 11.8. The molecule has 0 radical (unpaired) electrons. The highest BCUT2D eigenvalue weighted by molar-refractivity contribution is 7.17. The Kier molecular flexibility index (Phi) is 4.95. The Balaban J connectivity index is 2.40. The van der Waals surface area contributed by atoms with E-state index in [4.69, 9.17) is 4.74 Å². The molecule has 0 saturated heterocycles. The van der Waals surface area contributed by atoms with E-state index in [1.165, 1.54) is 35.8 Å². The first kappa shape index (κ1) is 14.8. The van der Waals surface area contributed by atoms with Crippen LogP contribution in [-0.2, 0) is 22.4 Å². The molecule has 0 bridgehead atoms. The van der Waals surface area contributed by atoms with Crippen LogP contribution in [0.15, 0.2) is 12.2 Å². The minimum atomic E-state index is -0.361. The van der Waals surface area contributed by atoms with E-state index < -0.39 is 0 Å². The van der Waals surface area contributed by atoms with Crippen LogP contribution in [0.5, 0.6) is 0 Å². The first-order chi connectivity index (χ1) is 9.67. The molecule has 1 aromatic rings. The Labute approximate surface area is 122 Å². The molecule has 108 valence electrons. The molecule has 0 unspecified atom stereocenters. The number of aryl methyl sites for hydroxylation is 1. The number of carbonyl (C=O) groups excluding carboxylic acids is 2. The van der Waals surface area contributed by atoms with Gasteiger partial charge in [-0.25, -0.2) is 4.79 Å². The number of hydrogen-bond donors (Lipinski definition) is 1. The van der Waals surface area contributed by atoms with E-state index >= 15 is 0 Å². The summed E-state index contributed by atoms with van der Waals surface area (Å²) in [6.07, 6.45) is 8.38. The predicted molar refractivity (Wildman–Crippen MR) is 80.4 cm³/mol. The molecular formula is C15H19NO3S. The van der Waals surface area contributed by atoms with Gasteiger partial charge in [0.25, 0.3) is 0 Å². The summed E-state index contributed by atoms with van der Waals surface area (Å²) in [7, 11) is 1.38. The molecule has 1 aliphatic carbocycles. The molecule has 0 fully saturated rings. The lowest BCUT2D eigenvalue weighted by molar-refractivity contribution is -0.111. The van der Waals surface area contributed by atoms with Crippen molar-refractivity contribution >= 4 is 28.2 Å². The third-order valence-corrected chi connectivity index (χ3v) is 4.57. The van der Waals surface area contributed by atoms with E-state index in [1.54, 1.807) is 13.0 Å². The van der Waals surface area contributed by atoms with Crippen molar-refractivity contribution < 1.29 is 14.3 Å². The van der Waals surface area contributed by atoms with Gasteiger partial charge in [-0.3, -0.25) is 4.79 Å². The Hall–Kier alpha value is -1.62. The van der Waals surface area contributed by atoms with Crippen molar-refractivity contribution in [2.45, 2.75) is 39.0 Å². The van der Waals surface area contributed by atoms with Gasteiger partial charge in [0, 0.05) is 4.88 Å². The van der Waals surface area contributed by atoms with Gasteiger partial charge in [-0.15, -0.1) is 11.3 Å². The van der Waals surface area contributed by atoms with Crippen LogP contribution in [-0.4, -0.2) is 19.0 Å². The molecular weight excluding hydrogens is 274 g/mol. The number of nitrogens with one attached hydrogen (secondary N) is 1. The van der Waals surface area contributed by atoms with E-state index in [0.29, 0.717) is 10.6 Å². The first-order valence-corrected chi connectivity index (χ1v) is 7.65. The molecule has 0 atom stereocenters. The highest BCUT2D eigenvalue weighted by Crippen LogP contribution is 2.37. The normalized spacial score (nSPS) is 14.7. The second-order valence-corrected chi connectivity index (χ2v) is 5.85. The van der Waals surface area contributed by atoms with Crippen LogP contribution in [0.25, 0.3) is 0 Å². The monoisotopic (exact) mass is 293 g/mol. The van der Waals surface area contributed by atoms with Crippen molar-refractivity contribution in [1.82, 2.24) is 0 Å². The van der Waals surface area contributed by atoms with Crippen molar-refractivity contribution in [3.63, 3.8) is 0 Å². The maximum atomic E-state index is 12.0. The van der Waals surface area contributed by atoms with Crippen molar-refractivity contribution in [3.05, 3.63) is 28.2 Å². The summed E-state index contributed by atoms with van der Waals surface area (Å²) in [5.74, 6) is -0.575. The van der Waals surface area contributed by atoms with Crippen molar-refractivity contribution in [2.24, 2.45) is 0 Å². The second kappa shape index (κ2) is 6.70. The fourth-order valence-corrected chi connectivity index (χ4v) is 3.73. The maximum Gasteiger partial charge on any atom is 0.341 e.